The van der Waals surface area contributed by atoms with Crippen molar-refractivity contribution < 1.29 is 14.3 Å². The van der Waals surface area contributed by atoms with Crippen molar-refractivity contribution in [2.45, 2.75) is 39.7 Å². The van der Waals surface area contributed by atoms with Crippen molar-refractivity contribution in [3.8, 4) is 11.8 Å². The van der Waals surface area contributed by atoms with Crippen LogP contribution in [0.4, 0.5) is 4.79 Å². The summed E-state index contributed by atoms with van der Waals surface area (Å²) in [5.74, 6) is 6.09. The van der Waals surface area contributed by atoms with Crippen molar-refractivity contribution in [2.24, 2.45) is 11.8 Å². The van der Waals surface area contributed by atoms with E-state index in [1.165, 1.54) is 0 Å². The van der Waals surface area contributed by atoms with Gasteiger partial charge in [0.05, 0.1) is 0 Å². The number of ketones is 1. The third-order valence-electron chi connectivity index (χ3n) is 4.02. The number of fused-ring (bicyclic) bond motifs is 2. The van der Waals surface area contributed by atoms with Crippen LogP contribution in [-0.2, 0) is 9.53 Å². The van der Waals surface area contributed by atoms with Gasteiger partial charge in [-0.15, -0.1) is 11.8 Å². The third-order valence-corrected chi connectivity index (χ3v) is 4.02. The number of ether oxygens (including phenoxy) is 1. The molecule has 2 atom stereocenters. The summed E-state index contributed by atoms with van der Waals surface area (Å²) in [7, 11) is 0. The molecule has 2 saturated heterocycles. The van der Waals surface area contributed by atoms with Crippen LogP contribution in [0.3, 0.4) is 0 Å². The Balaban J connectivity index is 1.95. The van der Waals surface area contributed by atoms with E-state index in [4.69, 9.17) is 4.74 Å². The first kappa shape index (κ1) is 16.8. The summed E-state index contributed by atoms with van der Waals surface area (Å²) in [6.45, 7) is 10.7. The molecule has 1 amide bonds. The van der Waals surface area contributed by atoms with Crippen LogP contribution in [0, 0.1) is 23.7 Å². The van der Waals surface area contributed by atoms with Crippen molar-refractivity contribution in [1.29, 1.82) is 0 Å². The average molecular weight is 306 g/mol. The zero-order valence-electron chi connectivity index (χ0n) is 14.0. The normalized spacial score (nSPS) is 25.5. The average Bonchev–Trinajstić information content (AvgIpc) is 2.37. The molecule has 2 heterocycles. The smallest absolute Gasteiger partial charge is 0.410 e. The summed E-state index contributed by atoms with van der Waals surface area (Å²) < 4.78 is 5.43. The molecular weight excluding hydrogens is 280 g/mol. The van der Waals surface area contributed by atoms with Crippen LogP contribution >= 0.6 is 0 Å². The Kier molecular flexibility index (Phi) is 5.12. The lowest BCUT2D eigenvalue weighted by molar-refractivity contribution is -0.136. The molecule has 5 nitrogen and oxygen atoms in total. The number of rotatable bonds is 2. The molecule has 0 aromatic rings. The fraction of sp³-hybridized carbons (Fsp3) is 0.765. The zero-order chi connectivity index (χ0) is 16.3. The number of piperidine rings is 2. The molecule has 0 aliphatic carbocycles. The molecule has 2 rings (SSSR count). The van der Waals surface area contributed by atoms with Crippen LogP contribution in [0.15, 0.2) is 0 Å². The van der Waals surface area contributed by atoms with E-state index in [9.17, 15) is 9.59 Å². The second-order valence-electron chi connectivity index (χ2n) is 7.12. The maximum Gasteiger partial charge on any atom is 0.410 e. The molecule has 0 spiro atoms. The lowest BCUT2D eigenvalue weighted by Gasteiger charge is -2.44. The minimum absolute atomic E-state index is 0.0883. The number of hydrogen-bond donors (Lipinski definition) is 0. The largest absolute Gasteiger partial charge is 0.444 e. The molecule has 0 N–H and O–H groups in total. The molecular formula is C17H26N2O3. The van der Waals surface area contributed by atoms with Crippen molar-refractivity contribution in [2.75, 3.05) is 32.7 Å². The summed E-state index contributed by atoms with van der Waals surface area (Å²) in [5, 5.41) is 0. The summed E-state index contributed by atoms with van der Waals surface area (Å²) in [4.78, 5) is 28.5. The molecule has 0 radical (unpaired) electrons. The highest BCUT2D eigenvalue weighted by molar-refractivity contribution is 5.87. The zero-order valence-corrected chi connectivity index (χ0v) is 14.0. The molecule has 2 fully saturated rings. The number of nitrogens with zero attached hydrogens (tertiary/aromatic N) is 2. The van der Waals surface area contributed by atoms with Crippen LogP contribution in [-0.4, -0.2) is 60.0 Å². The summed E-state index contributed by atoms with van der Waals surface area (Å²) in [5.41, 5.74) is -0.501. The van der Waals surface area contributed by atoms with Crippen LogP contribution in [0.2, 0.25) is 0 Å². The van der Waals surface area contributed by atoms with Crippen molar-refractivity contribution in [3.05, 3.63) is 0 Å². The Morgan fingerprint density at radius 3 is 2.32 bits per heavy atom. The Morgan fingerprint density at radius 1 is 1.23 bits per heavy atom. The van der Waals surface area contributed by atoms with Crippen LogP contribution in [0.25, 0.3) is 0 Å². The van der Waals surface area contributed by atoms with Gasteiger partial charge in [-0.1, -0.05) is 0 Å². The standard InChI is InChI=1S/C17H26N2O3/c1-5-6-7-8-18-9-13-11-19(12-14(10-18)15(13)20)16(21)22-17(2,3)4/h13-14H,7-12H2,1-4H3. The third kappa shape index (κ3) is 4.23. The molecule has 2 aliphatic rings. The fourth-order valence-electron chi connectivity index (χ4n) is 3.11. The van der Waals surface area contributed by atoms with E-state index in [-0.39, 0.29) is 17.9 Å². The quantitative estimate of drug-likeness (QED) is 0.730. The number of carbonyl (C=O) groups is 2. The second-order valence-corrected chi connectivity index (χ2v) is 7.12. The van der Waals surface area contributed by atoms with Gasteiger partial charge in [0, 0.05) is 51.0 Å². The van der Waals surface area contributed by atoms with Crippen LogP contribution in [0.5, 0.6) is 0 Å². The lowest BCUT2D eigenvalue weighted by Crippen LogP contribution is -2.59. The van der Waals surface area contributed by atoms with Gasteiger partial charge in [-0.25, -0.2) is 4.79 Å². The predicted molar refractivity (Wildman–Crippen MR) is 84.3 cm³/mol. The molecule has 122 valence electrons. The van der Waals surface area contributed by atoms with E-state index in [2.05, 4.69) is 16.7 Å². The Labute approximate surface area is 133 Å². The maximum atomic E-state index is 12.3. The monoisotopic (exact) mass is 306 g/mol. The first-order valence-corrected chi connectivity index (χ1v) is 7.94. The van der Waals surface area contributed by atoms with E-state index in [0.717, 1.165) is 26.1 Å². The first-order valence-electron chi connectivity index (χ1n) is 7.94. The van der Waals surface area contributed by atoms with Gasteiger partial charge in [-0.05, 0) is 27.7 Å². The molecule has 2 aliphatic heterocycles. The highest BCUT2D eigenvalue weighted by Crippen LogP contribution is 2.26. The molecule has 2 bridgehead atoms. The highest BCUT2D eigenvalue weighted by atomic mass is 16.6. The minimum Gasteiger partial charge on any atom is -0.444 e. The molecule has 0 aromatic heterocycles. The van der Waals surface area contributed by atoms with Gasteiger partial charge >= 0.3 is 6.09 Å². The van der Waals surface area contributed by atoms with E-state index in [0.29, 0.717) is 18.9 Å². The topological polar surface area (TPSA) is 49.9 Å². The van der Waals surface area contributed by atoms with Gasteiger partial charge in [0.15, 0.2) is 0 Å². The Bertz CT molecular complexity index is 480. The molecule has 0 aromatic carbocycles. The van der Waals surface area contributed by atoms with Gasteiger partial charge < -0.3 is 14.5 Å². The summed E-state index contributed by atoms with van der Waals surface area (Å²) in [6, 6.07) is 0. The number of likely N-dealkylation sites (tertiary alicyclic amines) is 2. The highest BCUT2D eigenvalue weighted by Gasteiger charge is 2.43. The van der Waals surface area contributed by atoms with Crippen molar-refractivity contribution in [3.63, 3.8) is 0 Å². The van der Waals surface area contributed by atoms with E-state index >= 15 is 0 Å². The van der Waals surface area contributed by atoms with E-state index in [1.807, 2.05) is 27.7 Å². The van der Waals surface area contributed by atoms with Crippen LogP contribution < -0.4 is 0 Å². The summed E-state index contributed by atoms with van der Waals surface area (Å²) >= 11 is 0. The van der Waals surface area contributed by atoms with Crippen LogP contribution in [0.1, 0.15) is 34.1 Å². The fourth-order valence-corrected chi connectivity index (χ4v) is 3.11. The SMILES string of the molecule is CC#CCCN1CC2CN(C(=O)OC(C)(C)C)CC(C1)C2=O. The van der Waals surface area contributed by atoms with Crippen molar-refractivity contribution >= 4 is 11.9 Å². The number of carbonyl (C=O) groups excluding carboxylic acids is 2. The van der Waals surface area contributed by atoms with E-state index in [1.54, 1.807) is 4.90 Å². The number of Topliss-reactive ketones (excluding diaryl/α,β-unsaturated/α-hetero) is 1. The molecule has 0 saturated carbocycles. The lowest BCUT2D eigenvalue weighted by atomic mass is 9.83. The summed E-state index contributed by atoms with van der Waals surface area (Å²) in [6.07, 6.45) is 0.528. The van der Waals surface area contributed by atoms with Gasteiger partial charge in [-0.2, -0.15) is 0 Å². The predicted octanol–water partition coefficient (Wildman–Crippen LogP) is 1.77. The first-order chi connectivity index (χ1) is 10.3. The van der Waals surface area contributed by atoms with Crippen molar-refractivity contribution in [1.82, 2.24) is 9.80 Å². The number of amides is 1. The van der Waals surface area contributed by atoms with Gasteiger partial charge in [0.1, 0.15) is 11.4 Å². The van der Waals surface area contributed by atoms with Gasteiger partial charge in [-0.3, -0.25) is 4.79 Å². The number of hydrogen-bond acceptors (Lipinski definition) is 4. The van der Waals surface area contributed by atoms with Gasteiger partial charge in [0.25, 0.3) is 0 Å². The molecule has 2 unspecified atom stereocenters. The Hall–Kier alpha value is -1.54. The van der Waals surface area contributed by atoms with Gasteiger partial charge in [0.2, 0.25) is 0 Å². The second kappa shape index (κ2) is 6.70. The maximum absolute atomic E-state index is 12.3. The minimum atomic E-state index is -0.501. The molecule has 5 heteroatoms. The molecule has 22 heavy (non-hydrogen) atoms. The van der Waals surface area contributed by atoms with E-state index < -0.39 is 5.60 Å². The Morgan fingerprint density at radius 2 is 1.82 bits per heavy atom.